The molecule has 0 radical (unpaired) electrons. The van der Waals surface area contributed by atoms with E-state index in [1.54, 1.807) is 19.2 Å². The monoisotopic (exact) mass is 505 g/mol. The molecule has 0 fully saturated rings. The van der Waals surface area contributed by atoms with Crippen molar-refractivity contribution in [1.29, 1.82) is 0 Å². The van der Waals surface area contributed by atoms with Crippen LogP contribution in [-0.4, -0.2) is 51.1 Å². The molecule has 37 heavy (non-hydrogen) atoms. The smallest absolute Gasteiger partial charge is 0.341 e. The van der Waals surface area contributed by atoms with Crippen LogP contribution in [0.15, 0.2) is 58.4 Å². The number of aryl methyl sites for hydroxylation is 1. The third kappa shape index (κ3) is 4.86. The number of nitro benzene ring substituents is 1. The molecule has 0 aliphatic rings. The molecule has 190 valence electrons. The van der Waals surface area contributed by atoms with Crippen molar-refractivity contribution in [3.05, 3.63) is 91.3 Å². The lowest BCUT2D eigenvalue weighted by Crippen LogP contribution is -2.33. The van der Waals surface area contributed by atoms with Gasteiger partial charge in [-0.05, 0) is 43.7 Å². The number of hydrogen-bond donors (Lipinski definition) is 0. The molecule has 0 N–H and O–H groups in total. The third-order valence-corrected chi connectivity index (χ3v) is 5.65. The van der Waals surface area contributed by atoms with Gasteiger partial charge in [0.15, 0.2) is 5.49 Å². The highest BCUT2D eigenvalue weighted by atomic mass is 16.6. The van der Waals surface area contributed by atoms with Gasteiger partial charge in [-0.1, -0.05) is 6.07 Å². The van der Waals surface area contributed by atoms with Crippen molar-refractivity contribution in [2.75, 3.05) is 20.3 Å². The van der Waals surface area contributed by atoms with E-state index in [-0.39, 0.29) is 53.1 Å². The number of fused-ring (bicyclic) bond motifs is 2. The van der Waals surface area contributed by atoms with E-state index in [4.69, 9.17) is 9.47 Å². The summed E-state index contributed by atoms with van der Waals surface area (Å²) in [5, 5.41) is 11.1. The molecule has 1 aromatic carbocycles. The van der Waals surface area contributed by atoms with Crippen LogP contribution in [0, 0.1) is 17.0 Å². The molecule has 4 rings (SSSR count). The average Bonchev–Trinajstić information content (AvgIpc) is 2.88. The standard InChI is InChI=1S/C25H23N5O7/c1-4-37-25(33)19-14-18-21(26-20-15(2)6-5-11-29(20)24(18)32)28(12-13-36-3)22(19)27-23(31)16-7-9-17(10-8-16)30(34)35/h5-11,14H,4,12-13H2,1-3H3. The summed E-state index contributed by atoms with van der Waals surface area (Å²) in [5.41, 5.74) is 0.659. The van der Waals surface area contributed by atoms with E-state index in [1.807, 2.05) is 13.0 Å². The average molecular weight is 505 g/mol. The number of non-ortho nitro benzene ring substituents is 1. The largest absolute Gasteiger partial charge is 0.462 e. The van der Waals surface area contributed by atoms with E-state index in [2.05, 4.69) is 9.98 Å². The molecule has 0 atom stereocenters. The molecule has 12 nitrogen and oxygen atoms in total. The zero-order valence-electron chi connectivity index (χ0n) is 20.3. The number of carbonyl (C=O) groups is 2. The zero-order valence-corrected chi connectivity index (χ0v) is 20.3. The zero-order chi connectivity index (χ0) is 26.7. The van der Waals surface area contributed by atoms with Crippen molar-refractivity contribution in [3.63, 3.8) is 0 Å². The first-order valence-electron chi connectivity index (χ1n) is 11.3. The fourth-order valence-corrected chi connectivity index (χ4v) is 3.85. The minimum Gasteiger partial charge on any atom is -0.462 e. The summed E-state index contributed by atoms with van der Waals surface area (Å²) in [4.78, 5) is 58.7. The molecule has 0 spiro atoms. The number of nitrogens with zero attached hydrogens (tertiary/aromatic N) is 5. The molecule has 4 aromatic rings. The summed E-state index contributed by atoms with van der Waals surface area (Å²) in [6.45, 7) is 3.77. The number of pyridine rings is 2. The molecule has 0 saturated heterocycles. The molecular formula is C25H23N5O7. The Morgan fingerprint density at radius 1 is 1.16 bits per heavy atom. The van der Waals surface area contributed by atoms with Crippen molar-refractivity contribution in [2.24, 2.45) is 4.99 Å². The van der Waals surface area contributed by atoms with E-state index >= 15 is 0 Å². The van der Waals surface area contributed by atoms with E-state index in [0.717, 1.165) is 5.56 Å². The summed E-state index contributed by atoms with van der Waals surface area (Å²) in [6.07, 6.45) is 1.58. The maximum Gasteiger partial charge on any atom is 0.341 e. The van der Waals surface area contributed by atoms with Crippen LogP contribution in [0.3, 0.4) is 0 Å². The summed E-state index contributed by atoms with van der Waals surface area (Å²) < 4.78 is 13.3. The first-order chi connectivity index (χ1) is 17.8. The molecular weight excluding hydrogens is 482 g/mol. The van der Waals surface area contributed by atoms with Crippen LogP contribution >= 0.6 is 0 Å². The van der Waals surface area contributed by atoms with E-state index < -0.39 is 22.4 Å². The second-order valence-electron chi connectivity index (χ2n) is 8.01. The quantitative estimate of drug-likeness (QED) is 0.161. The number of benzene rings is 1. The van der Waals surface area contributed by atoms with Crippen LogP contribution < -0.4 is 11.0 Å². The van der Waals surface area contributed by atoms with Crippen molar-refractivity contribution in [1.82, 2.24) is 14.0 Å². The van der Waals surface area contributed by atoms with Gasteiger partial charge < -0.3 is 14.0 Å². The SMILES string of the molecule is CCOC(=O)c1cc2c(=O)n3cccc(C)c3nc2n(CCOC)c1=NC(=O)c1ccc([N+](=O)[O-])cc1. The second kappa shape index (κ2) is 10.5. The Balaban J connectivity index is 2.08. The Morgan fingerprint density at radius 2 is 1.89 bits per heavy atom. The van der Waals surface area contributed by atoms with Gasteiger partial charge >= 0.3 is 5.97 Å². The highest BCUT2D eigenvalue weighted by Crippen LogP contribution is 2.15. The molecule has 12 heteroatoms. The Labute approximate surface area is 209 Å². The van der Waals surface area contributed by atoms with Crippen molar-refractivity contribution < 1.29 is 24.0 Å². The number of ether oxygens (including phenoxy) is 2. The van der Waals surface area contributed by atoms with Crippen LogP contribution in [0.4, 0.5) is 5.69 Å². The molecule has 1 amide bonds. The summed E-state index contributed by atoms with van der Waals surface area (Å²) in [6, 6.07) is 9.77. The number of rotatable bonds is 7. The molecule has 0 bridgehead atoms. The van der Waals surface area contributed by atoms with E-state index in [1.165, 1.54) is 46.4 Å². The number of esters is 1. The van der Waals surface area contributed by atoms with Crippen molar-refractivity contribution >= 4 is 34.2 Å². The van der Waals surface area contributed by atoms with Crippen molar-refractivity contribution in [3.8, 4) is 0 Å². The van der Waals surface area contributed by atoms with Crippen LogP contribution in [0.1, 0.15) is 33.2 Å². The number of aromatic nitrogens is 3. The lowest BCUT2D eigenvalue weighted by molar-refractivity contribution is -0.384. The fraction of sp³-hybridized carbons (Fsp3) is 0.240. The Kier molecular flexibility index (Phi) is 7.20. The van der Waals surface area contributed by atoms with Gasteiger partial charge in [-0.3, -0.25) is 24.1 Å². The molecule has 3 aromatic heterocycles. The first-order valence-corrected chi connectivity index (χ1v) is 11.3. The molecule has 0 unspecified atom stereocenters. The van der Waals surface area contributed by atoms with Crippen LogP contribution in [0.2, 0.25) is 0 Å². The van der Waals surface area contributed by atoms with Gasteiger partial charge in [-0.25, -0.2) is 9.78 Å². The lowest BCUT2D eigenvalue weighted by atomic mass is 10.2. The lowest BCUT2D eigenvalue weighted by Gasteiger charge is -2.15. The highest BCUT2D eigenvalue weighted by molar-refractivity contribution is 5.97. The van der Waals surface area contributed by atoms with E-state index in [9.17, 15) is 24.5 Å². The number of methoxy groups -OCH3 is 1. The third-order valence-electron chi connectivity index (χ3n) is 5.65. The molecule has 0 aliphatic carbocycles. The summed E-state index contributed by atoms with van der Waals surface area (Å²) in [7, 11) is 1.48. The van der Waals surface area contributed by atoms with Gasteiger partial charge in [0.05, 0.1) is 23.5 Å². The van der Waals surface area contributed by atoms with Crippen molar-refractivity contribution in [2.45, 2.75) is 20.4 Å². The second-order valence-corrected chi connectivity index (χ2v) is 8.01. The number of hydrogen-bond acceptors (Lipinski definition) is 8. The van der Waals surface area contributed by atoms with Crippen LogP contribution in [0.25, 0.3) is 16.7 Å². The maximum absolute atomic E-state index is 13.4. The van der Waals surface area contributed by atoms with Gasteiger partial charge in [0, 0.05) is 37.5 Å². The number of amides is 1. The normalized spacial score (nSPS) is 11.7. The first kappa shape index (κ1) is 25.4. The van der Waals surface area contributed by atoms with Gasteiger partial charge in [0.25, 0.3) is 17.2 Å². The Morgan fingerprint density at radius 3 is 2.54 bits per heavy atom. The van der Waals surface area contributed by atoms with Gasteiger partial charge in [-0.2, -0.15) is 4.99 Å². The minimum absolute atomic E-state index is 0.0544. The van der Waals surface area contributed by atoms with Gasteiger partial charge in [-0.15, -0.1) is 0 Å². The molecule has 3 heterocycles. The van der Waals surface area contributed by atoms with Crippen LogP contribution in [-0.2, 0) is 16.0 Å². The summed E-state index contributed by atoms with van der Waals surface area (Å²) in [5.74, 6) is -1.53. The maximum atomic E-state index is 13.4. The van der Waals surface area contributed by atoms with Crippen LogP contribution in [0.5, 0.6) is 0 Å². The fourth-order valence-electron chi connectivity index (χ4n) is 3.85. The minimum atomic E-state index is -0.778. The Hall–Kier alpha value is -4.71. The summed E-state index contributed by atoms with van der Waals surface area (Å²) >= 11 is 0. The van der Waals surface area contributed by atoms with Gasteiger partial charge in [0.1, 0.15) is 16.9 Å². The Bertz CT molecular complexity index is 1670. The highest BCUT2D eigenvalue weighted by Gasteiger charge is 2.21. The predicted molar refractivity (Wildman–Crippen MR) is 133 cm³/mol. The number of carbonyl (C=O) groups excluding carboxylic acids is 2. The van der Waals surface area contributed by atoms with Gasteiger partial charge in [0.2, 0.25) is 0 Å². The number of nitro groups is 1. The topological polar surface area (TPSA) is 147 Å². The molecule has 0 aliphatic heterocycles. The van der Waals surface area contributed by atoms with E-state index in [0.29, 0.717) is 5.65 Å². The molecule has 0 saturated carbocycles. The predicted octanol–water partition coefficient (Wildman–Crippen LogP) is 2.43.